The van der Waals surface area contributed by atoms with E-state index < -0.39 is 0 Å². The molecule has 2 unspecified atom stereocenters. The van der Waals surface area contributed by atoms with Gasteiger partial charge in [-0.2, -0.15) is 0 Å². The zero-order valence-corrected chi connectivity index (χ0v) is 22.6. The Morgan fingerprint density at radius 1 is 0.947 bits per heavy atom. The number of urea groups is 1. The van der Waals surface area contributed by atoms with Gasteiger partial charge in [0, 0.05) is 21.5 Å². The van der Waals surface area contributed by atoms with Crippen molar-refractivity contribution >= 4 is 52.5 Å². The summed E-state index contributed by atoms with van der Waals surface area (Å²) in [6.07, 6.45) is 8.21. The molecule has 1 aliphatic heterocycles. The molecule has 0 saturated carbocycles. The Morgan fingerprint density at radius 2 is 1.79 bits per heavy atom. The second-order valence-electron chi connectivity index (χ2n) is 8.54. The Morgan fingerprint density at radius 3 is 2.63 bits per heavy atom. The van der Waals surface area contributed by atoms with Gasteiger partial charge in [0.2, 0.25) is 5.91 Å². The molecule has 2 N–H and O–H groups in total. The highest BCUT2D eigenvalue weighted by Crippen LogP contribution is 2.43. The normalized spacial score (nSPS) is 17.3. The summed E-state index contributed by atoms with van der Waals surface area (Å²) in [5.74, 6) is 1.20. The maximum absolute atomic E-state index is 13.5. The van der Waals surface area contributed by atoms with Crippen LogP contribution in [0.2, 0.25) is 0 Å². The third-order valence-corrected chi connectivity index (χ3v) is 8.40. The van der Waals surface area contributed by atoms with Crippen LogP contribution in [0.1, 0.15) is 0 Å². The fourth-order valence-electron chi connectivity index (χ4n) is 4.31. The Kier molecular flexibility index (Phi) is 7.95. The van der Waals surface area contributed by atoms with E-state index in [-0.39, 0.29) is 29.0 Å². The number of nitrogens with zero attached hydrogens (tertiary/aromatic N) is 1. The van der Waals surface area contributed by atoms with Gasteiger partial charge in [0.05, 0.1) is 42.6 Å². The highest BCUT2D eigenvalue weighted by Gasteiger charge is 2.36. The van der Waals surface area contributed by atoms with E-state index >= 15 is 0 Å². The molecule has 0 spiro atoms. The molecule has 7 nitrogen and oxygen atoms in total. The SMILES string of the molecule is COc1ccc(NC(=O)CSc2cccc(NC(=O)N3c4ccccc4SC4C=CC=CC43)c2)c(OC)c1. The molecular weight excluding hydrogens is 518 g/mol. The van der Waals surface area contributed by atoms with Gasteiger partial charge in [0.15, 0.2) is 0 Å². The smallest absolute Gasteiger partial charge is 0.326 e. The fraction of sp³-hybridized carbons (Fsp3) is 0.172. The summed E-state index contributed by atoms with van der Waals surface area (Å²) in [5, 5.41) is 6.09. The minimum Gasteiger partial charge on any atom is -0.497 e. The van der Waals surface area contributed by atoms with Crippen molar-refractivity contribution in [2.75, 3.05) is 35.5 Å². The highest BCUT2D eigenvalue weighted by atomic mass is 32.2. The predicted octanol–water partition coefficient (Wildman–Crippen LogP) is 6.44. The second kappa shape index (κ2) is 11.7. The lowest BCUT2D eigenvalue weighted by molar-refractivity contribution is -0.113. The average molecular weight is 546 g/mol. The molecule has 3 amide bonds. The van der Waals surface area contributed by atoms with Crippen molar-refractivity contribution in [3.05, 3.63) is 91.0 Å². The van der Waals surface area contributed by atoms with Gasteiger partial charge in [-0.1, -0.05) is 42.5 Å². The first-order chi connectivity index (χ1) is 18.6. The van der Waals surface area contributed by atoms with E-state index in [1.165, 1.54) is 11.8 Å². The number of fused-ring (bicyclic) bond motifs is 2. The lowest BCUT2D eigenvalue weighted by Gasteiger charge is -2.40. The van der Waals surface area contributed by atoms with Crippen LogP contribution in [0.5, 0.6) is 11.5 Å². The molecule has 3 aromatic rings. The summed E-state index contributed by atoms with van der Waals surface area (Å²) in [5.41, 5.74) is 2.14. The van der Waals surface area contributed by atoms with E-state index in [4.69, 9.17) is 9.47 Å². The number of carbonyl (C=O) groups excluding carboxylic acids is 2. The molecule has 5 rings (SSSR count). The van der Waals surface area contributed by atoms with E-state index in [1.54, 1.807) is 44.2 Å². The van der Waals surface area contributed by atoms with Gasteiger partial charge in [0.25, 0.3) is 0 Å². The minimum absolute atomic E-state index is 0.0731. The van der Waals surface area contributed by atoms with E-state index in [0.717, 1.165) is 15.5 Å². The van der Waals surface area contributed by atoms with Crippen molar-refractivity contribution < 1.29 is 19.1 Å². The maximum Gasteiger partial charge on any atom is 0.326 e. The number of carbonyl (C=O) groups is 2. The molecule has 2 atom stereocenters. The molecule has 0 saturated heterocycles. The first-order valence-corrected chi connectivity index (χ1v) is 13.9. The molecule has 3 aromatic carbocycles. The number of benzene rings is 3. The summed E-state index contributed by atoms with van der Waals surface area (Å²) in [7, 11) is 3.12. The molecule has 2 aliphatic rings. The zero-order valence-electron chi connectivity index (χ0n) is 20.9. The minimum atomic E-state index is -0.195. The maximum atomic E-state index is 13.5. The van der Waals surface area contributed by atoms with E-state index in [2.05, 4.69) is 22.8 Å². The molecule has 0 aromatic heterocycles. The average Bonchev–Trinajstić information content (AvgIpc) is 2.95. The van der Waals surface area contributed by atoms with Gasteiger partial charge in [-0.15, -0.1) is 23.5 Å². The van der Waals surface area contributed by atoms with Crippen molar-refractivity contribution in [3.8, 4) is 11.5 Å². The first kappa shape index (κ1) is 25.8. The van der Waals surface area contributed by atoms with Crippen LogP contribution in [-0.2, 0) is 4.79 Å². The summed E-state index contributed by atoms with van der Waals surface area (Å²) in [4.78, 5) is 29.9. The number of thioether (sulfide) groups is 2. The monoisotopic (exact) mass is 545 g/mol. The van der Waals surface area contributed by atoms with Gasteiger partial charge in [-0.25, -0.2) is 4.79 Å². The number of anilines is 3. The van der Waals surface area contributed by atoms with Crippen LogP contribution in [-0.4, -0.2) is 43.2 Å². The Labute approximate surface area is 230 Å². The quantitative estimate of drug-likeness (QED) is 0.333. The van der Waals surface area contributed by atoms with E-state index in [0.29, 0.717) is 22.9 Å². The second-order valence-corrected chi connectivity index (χ2v) is 10.8. The lowest BCUT2D eigenvalue weighted by Crippen LogP contribution is -2.49. The summed E-state index contributed by atoms with van der Waals surface area (Å²) < 4.78 is 10.6. The van der Waals surface area contributed by atoms with Crippen LogP contribution in [0.15, 0.2) is 101 Å². The number of nitrogens with one attached hydrogen (secondary N) is 2. The van der Waals surface area contributed by atoms with Crippen LogP contribution in [0, 0.1) is 0 Å². The van der Waals surface area contributed by atoms with Gasteiger partial charge in [-0.3, -0.25) is 9.69 Å². The van der Waals surface area contributed by atoms with Gasteiger partial charge in [-0.05, 0) is 42.5 Å². The largest absolute Gasteiger partial charge is 0.497 e. The number of rotatable bonds is 7. The van der Waals surface area contributed by atoms with Crippen molar-refractivity contribution in [2.24, 2.45) is 0 Å². The van der Waals surface area contributed by atoms with Crippen molar-refractivity contribution in [1.29, 1.82) is 0 Å². The third-order valence-electron chi connectivity index (χ3n) is 6.10. The topological polar surface area (TPSA) is 79.9 Å². The van der Waals surface area contributed by atoms with Crippen LogP contribution in [0.4, 0.5) is 21.9 Å². The van der Waals surface area contributed by atoms with Crippen molar-refractivity contribution in [2.45, 2.75) is 21.1 Å². The summed E-state index contributed by atoms with van der Waals surface area (Å²) in [6.45, 7) is 0. The molecular formula is C29H27N3O4S2. The van der Waals surface area contributed by atoms with E-state index in [1.807, 2.05) is 65.6 Å². The van der Waals surface area contributed by atoms with E-state index in [9.17, 15) is 9.59 Å². The number of ether oxygens (including phenoxy) is 2. The van der Waals surface area contributed by atoms with Gasteiger partial charge in [0.1, 0.15) is 11.5 Å². The molecule has 0 fully saturated rings. The van der Waals surface area contributed by atoms with Crippen molar-refractivity contribution in [1.82, 2.24) is 0 Å². The van der Waals surface area contributed by atoms with Crippen LogP contribution in [0.3, 0.4) is 0 Å². The number of amides is 3. The molecule has 9 heteroatoms. The summed E-state index contributed by atoms with van der Waals surface area (Å²) in [6, 6.07) is 20.4. The number of hydrogen-bond acceptors (Lipinski definition) is 6. The van der Waals surface area contributed by atoms with Crippen LogP contribution in [0.25, 0.3) is 0 Å². The standard InChI is InChI=1S/C29H27N3O4S2/c1-35-20-14-15-22(25(17-20)36-2)31-28(33)18-37-21-9-7-8-19(16-21)30-29(34)32-23-10-3-5-12-26(23)38-27-13-6-4-11-24(27)32/h3-17,23,26H,18H2,1-2H3,(H,30,34)(H,31,33). The predicted molar refractivity (Wildman–Crippen MR) is 155 cm³/mol. The summed E-state index contributed by atoms with van der Waals surface area (Å²) >= 11 is 3.16. The number of methoxy groups -OCH3 is 2. The number of hydrogen-bond donors (Lipinski definition) is 2. The van der Waals surface area contributed by atoms with Gasteiger partial charge < -0.3 is 20.1 Å². The highest BCUT2D eigenvalue weighted by molar-refractivity contribution is 8.00. The first-order valence-electron chi connectivity index (χ1n) is 12.0. The Hall–Kier alpha value is -3.82. The fourth-order valence-corrected chi connectivity index (χ4v) is 6.32. The zero-order chi connectivity index (χ0) is 26.5. The molecule has 1 heterocycles. The van der Waals surface area contributed by atoms with Crippen LogP contribution < -0.4 is 25.0 Å². The molecule has 0 bridgehead atoms. The third kappa shape index (κ3) is 5.69. The number of para-hydroxylation sites is 1. The molecule has 1 aliphatic carbocycles. The number of allylic oxidation sites excluding steroid dienone is 2. The van der Waals surface area contributed by atoms with Gasteiger partial charge >= 0.3 is 6.03 Å². The van der Waals surface area contributed by atoms with Crippen LogP contribution >= 0.6 is 23.5 Å². The molecule has 38 heavy (non-hydrogen) atoms. The Balaban J connectivity index is 1.24. The molecule has 0 radical (unpaired) electrons. The molecule has 194 valence electrons. The lowest BCUT2D eigenvalue weighted by atomic mass is 10.1. The Bertz CT molecular complexity index is 1410. The van der Waals surface area contributed by atoms with Crippen molar-refractivity contribution in [3.63, 3.8) is 0 Å².